The maximum atomic E-state index is 13.8. The Hall–Kier alpha value is -4.23. The van der Waals surface area contributed by atoms with E-state index in [1.54, 1.807) is 29.3 Å². The third-order valence-corrected chi connectivity index (χ3v) is 8.99. The van der Waals surface area contributed by atoms with E-state index in [2.05, 4.69) is 4.98 Å². The Labute approximate surface area is 245 Å². The van der Waals surface area contributed by atoms with Gasteiger partial charge in [-0.15, -0.1) is 0 Å². The fourth-order valence-corrected chi connectivity index (χ4v) is 6.80. The summed E-state index contributed by atoms with van der Waals surface area (Å²) in [6.07, 6.45) is 1.90. The molecule has 0 unspecified atom stereocenters. The molecule has 224 valence electrons. The van der Waals surface area contributed by atoms with Crippen molar-refractivity contribution in [3.63, 3.8) is 0 Å². The Morgan fingerprint density at radius 1 is 1.02 bits per heavy atom. The quantitative estimate of drug-likeness (QED) is 0.235. The zero-order valence-electron chi connectivity index (χ0n) is 24.1. The highest BCUT2D eigenvalue weighted by molar-refractivity contribution is 7.89. The first-order valence-corrected chi connectivity index (χ1v) is 14.7. The SMILES string of the molecule is COc1cc(-c2cc(CN3CCN(S(=O)(=O)c4ccccc4[N+](=O)[O-])[C@@H](CC(C)C)C3=O)ccn2)cc(OC)c1OC. The molecule has 0 saturated carbocycles. The second kappa shape index (κ2) is 12.7. The molecule has 12 nitrogen and oxygen atoms in total. The van der Waals surface area contributed by atoms with Crippen molar-refractivity contribution in [3.05, 3.63) is 70.4 Å². The van der Waals surface area contributed by atoms with Crippen molar-refractivity contribution >= 4 is 21.6 Å². The smallest absolute Gasteiger partial charge is 0.289 e. The lowest BCUT2D eigenvalue weighted by molar-refractivity contribution is -0.387. The number of pyridine rings is 1. The van der Waals surface area contributed by atoms with Crippen molar-refractivity contribution in [3.8, 4) is 28.5 Å². The Kier molecular flexibility index (Phi) is 9.32. The summed E-state index contributed by atoms with van der Waals surface area (Å²) < 4.78 is 44.8. The molecule has 13 heteroatoms. The Balaban J connectivity index is 1.63. The van der Waals surface area contributed by atoms with Gasteiger partial charge in [0, 0.05) is 37.5 Å². The minimum Gasteiger partial charge on any atom is -0.493 e. The predicted molar refractivity (Wildman–Crippen MR) is 155 cm³/mol. The highest BCUT2D eigenvalue weighted by atomic mass is 32.2. The van der Waals surface area contributed by atoms with Crippen LogP contribution in [0.25, 0.3) is 11.3 Å². The highest BCUT2D eigenvalue weighted by Gasteiger charge is 2.43. The Morgan fingerprint density at radius 2 is 1.69 bits per heavy atom. The number of nitrogens with zero attached hydrogens (tertiary/aromatic N) is 4. The molecule has 4 rings (SSSR count). The van der Waals surface area contributed by atoms with E-state index < -0.39 is 31.6 Å². The molecule has 42 heavy (non-hydrogen) atoms. The number of rotatable bonds is 11. The van der Waals surface area contributed by atoms with Crippen LogP contribution in [0.5, 0.6) is 17.2 Å². The fourth-order valence-electron chi connectivity index (χ4n) is 5.06. The average Bonchev–Trinajstić information content (AvgIpc) is 2.98. The molecular formula is C29H34N4O8S. The molecular weight excluding hydrogens is 564 g/mol. The normalized spacial score (nSPS) is 16.0. The number of benzene rings is 2. The molecule has 1 atom stereocenters. The minimum absolute atomic E-state index is 0.00231. The Morgan fingerprint density at radius 3 is 2.29 bits per heavy atom. The van der Waals surface area contributed by atoms with Crippen LogP contribution in [0.1, 0.15) is 25.8 Å². The number of hydrogen-bond acceptors (Lipinski definition) is 9. The lowest BCUT2D eigenvalue weighted by Gasteiger charge is -2.40. The first-order valence-electron chi connectivity index (χ1n) is 13.3. The van der Waals surface area contributed by atoms with E-state index in [1.807, 2.05) is 19.9 Å². The maximum Gasteiger partial charge on any atom is 0.289 e. The molecule has 0 aliphatic carbocycles. The van der Waals surface area contributed by atoms with E-state index in [4.69, 9.17) is 14.2 Å². The monoisotopic (exact) mass is 598 g/mol. The summed E-state index contributed by atoms with van der Waals surface area (Å²) in [7, 11) is 0.255. The minimum atomic E-state index is -4.32. The number of carbonyl (C=O) groups is 1. The first kappa shape index (κ1) is 30.7. The molecule has 0 radical (unpaired) electrons. The van der Waals surface area contributed by atoms with E-state index in [-0.39, 0.29) is 37.9 Å². The molecule has 1 aromatic heterocycles. The lowest BCUT2D eigenvalue weighted by atomic mass is 10.0. The van der Waals surface area contributed by atoms with Crippen LogP contribution in [-0.4, -0.2) is 73.9 Å². The van der Waals surface area contributed by atoms with Crippen LogP contribution in [0.15, 0.2) is 59.6 Å². The van der Waals surface area contributed by atoms with Crippen molar-refractivity contribution < 1.29 is 32.3 Å². The summed E-state index contributed by atoms with van der Waals surface area (Å²) in [6, 6.07) is 11.4. The first-order chi connectivity index (χ1) is 20.0. The van der Waals surface area contributed by atoms with Gasteiger partial charge in [-0.25, -0.2) is 8.42 Å². The summed E-state index contributed by atoms with van der Waals surface area (Å²) in [4.78, 5) is 30.3. The largest absolute Gasteiger partial charge is 0.493 e. The van der Waals surface area contributed by atoms with Crippen molar-refractivity contribution in [2.24, 2.45) is 5.92 Å². The molecule has 1 aliphatic heterocycles. The van der Waals surface area contributed by atoms with Gasteiger partial charge in [0.1, 0.15) is 6.04 Å². The number of carbonyl (C=O) groups excluding carboxylic acids is 1. The summed E-state index contributed by atoms with van der Waals surface area (Å²) in [5, 5.41) is 11.6. The van der Waals surface area contributed by atoms with Gasteiger partial charge in [0.15, 0.2) is 16.4 Å². The number of hydrogen-bond donors (Lipinski definition) is 0. The zero-order chi connectivity index (χ0) is 30.6. The van der Waals surface area contributed by atoms with Gasteiger partial charge >= 0.3 is 0 Å². The van der Waals surface area contributed by atoms with Gasteiger partial charge in [0.2, 0.25) is 11.7 Å². The van der Waals surface area contributed by atoms with Crippen LogP contribution in [-0.2, 0) is 21.4 Å². The molecule has 1 amide bonds. The molecule has 0 N–H and O–H groups in total. The number of ether oxygens (including phenoxy) is 3. The van der Waals surface area contributed by atoms with Gasteiger partial charge < -0.3 is 19.1 Å². The van der Waals surface area contributed by atoms with Crippen molar-refractivity contribution in [2.45, 2.75) is 37.8 Å². The number of amides is 1. The highest BCUT2D eigenvalue weighted by Crippen LogP contribution is 2.41. The summed E-state index contributed by atoms with van der Waals surface area (Å²) in [5.41, 5.74) is 1.61. The topological polar surface area (TPSA) is 141 Å². The van der Waals surface area contributed by atoms with Gasteiger partial charge in [-0.2, -0.15) is 4.31 Å². The molecule has 0 spiro atoms. The zero-order valence-corrected chi connectivity index (χ0v) is 25.0. The van der Waals surface area contributed by atoms with Crippen LogP contribution < -0.4 is 14.2 Å². The van der Waals surface area contributed by atoms with E-state index in [1.165, 1.54) is 39.5 Å². The van der Waals surface area contributed by atoms with Crippen molar-refractivity contribution in [2.75, 3.05) is 34.4 Å². The van der Waals surface area contributed by atoms with Gasteiger partial charge in [0.05, 0.1) is 31.9 Å². The summed E-state index contributed by atoms with van der Waals surface area (Å²) in [5.74, 6) is 1.04. The van der Waals surface area contributed by atoms with E-state index >= 15 is 0 Å². The van der Waals surface area contributed by atoms with Crippen molar-refractivity contribution in [1.29, 1.82) is 0 Å². The molecule has 1 aliphatic rings. The number of para-hydroxylation sites is 1. The van der Waals surface area contributed by atoms with Crippen LogP contribution >= 0.6 is 0 Å². The third kappa shape index (κ3) is 6.16. The van der Waals surface area contributed by atoms with Gasteiger partial charge in [-0.3, -0.25) is 19.9 Å². The number of nitro groups is 1. The maximum absolute atomic E-state index is 13.8. The summed E-state index contributed by atoms with van der Waals surface area (Å²) >= 11 is 0. The standard InChI is InChI=1S/C29H34N4O8S/c1-19(2)14-24-29(34)31(12-13-32(24)42(37,38)27-9-7-6-8-23(27)33(35)36)18-20-10-11-30-22(15-20)21-16-25(39-3)28(41-5)26(17-21)40-4/h6-11,15-17,19,24H,12-14,18H2,1-5H3/t24-/m0/s1. The van der Waals surface area contributed by atoms with Gasteiger partial charge in [-0.1, -0.05) is 26.0 Å². The van der Waals surface area contributed by atoms with Crippen LogP contribution in [0.2, 0.25) is 0 Å². The van der Waals surface area contributed by atoms with Crippen molar-refractivity contribution in [1.82, 2.24) is 14.2 Å². The average molecular weight is 599 g/mol. The molecule has 2 aromatic carbocycles. The van der Waals surface area contributed by atoms with E-state index in [9.17, 15) is 23.3 Å². The lowest BCUT2D eigenvalue weighted by Crippen LogP contribution is -2.58. The number of nitro benzene ring substituents is 1. The van der Waals surface area contributed by atoms with Crippen LogP contribution in [0.4, 0.5) is 5.69 Å². The van der Waals surface area contributed by atoms with E-state index in [0.29, 0.717) is 22.9 Å². The third-order valence-electron chi connectivity index (χ3n) is 7.04. The number of sulfonamides is 1. The number of methoxy groups -OCH3 is 3. The number of aromatic nitrogens is 1. The fraction of sp³-hybridized carbons (Fsp3) is 0.379. The molecule has 1 saturated heterocycles. The van der Waals surface area contributed by atoms with E-state index in [0.717, 1.165) is 21.5 Å². The molecule has 2 heterocycles. The van der Waals surface area contributed by atoms with Crippen LogP contribution in [0, 0.1) is 16.0 Å². The Bertz CT molecular complexity index is 1550. The second-order valence-corrected chi connectivity index (χ2v) is 12.1. The second-order valence-electron chi connectivity index (χ2n) is 10.2. The summed E-state index contributed by atoms with van der Waals surface area (Å²) in [6.45, 7) is 4.15. The molecule has 3 aromatic rings. The molecule has 0 bridgehead atoms. The predicted octanol–water partition coefficient (Wildman–Crippen LogP) is 4.13. The molecule has 1 fully saturated rings. The van der Waals surface area contributed by atoms with Gasteiger partial charge in [-0.05, 0) is 48.2 Å². The number of piperazine rings is 1. The van der Waals surface area contributed by atoms with Crippen LogP contribution in [0.3, 0.4) is 0 Å². The van der Waals surface area contributed by atoms with Gasteiger partial charge in [0.25, 0.3) is 15.7 Å².